The predicted octanol–water partition coefficient (Wildman–Crippen LogP) is 1.45. The van der Waals surface area contributed by atoms with Crippen LogP contribution in [0.25, 0.3) is 0 Å². The highest BCUT2D eigenvalue weighted by atomic mass is 16.6. The monoisotopic (exact) mass is 232 g/mol. The molecule has 0 aliphatic carbocycles. The Balaban J connectivity index is 2.51. The summed E-state index contributed by atoms with van der Waals surface area (Å²) < 4.78 is 0. The number of aryl methyl sites for hydroxylation is 3. The van der Waals surface area contributed by atoms with Gasteiger partial charge in [-0.1, -0.05) is 22.9 Å². The molecule has 2 rings (SSSR count). The number of hydrogen-bond acceptors (Lipinski definition) is 3. The molecule has 1 atom stereocenters. The van der Waals surface area contributed by atoms with Crippen LogP contribution in [-0.4, -0.2) is 18.2 Å². The first-order chi connectivity index (χ1) is 8.00. The van der Waals surface area contributed by atoms with Crippen molar-refractivity contribution >= 4 is 11.6 Å². The third-order valence-corrected chi connectivity index (χ3v) is 3.01. The first-order valence-corrected chi connectivity index (χ1v) is 5.58. The van der Waals surface area contributed by atoms with Gasteiger partial charge in [0.2, 0.25) is 5.91 Å². The average Bonchev–Trinajstić information content (AvgIpc) is 2.64. The lowest BCUT2D eigenvalue weighted by atomic mass is 9.90. The molecule has 90 valence electrons. The summed E-state index contributed by atoms with van der Waals surface area (Å²) in [7, 11) is 0. The molecule has 4 nitrogen and oxygen atoms in total. The lowest BCUT2D eigenvalue weighted by Gasteiger charge is -2.13. The van der Waals surface area contributed by atoms with Crippen LogP contribution in [-0.2, 0) is 9.63 Å². The SMILES string of the molecule is Cc1cc(C)c(C2=NOC[C@H]2C(N)=O)c(C)c1. The Kier molecular flexibility index (Phi) is 2.88. The number of nitrogens with two attached hydrogens (primary N) is 1. The summed E-state index contributed by atoms with van der Waals surface area (Å²) in [5, 5.41) is 3.98. The molecule has 0 aromatic heterocycles. The van der Waals surface area contributed by atoms with Crippen LogP contribution in [0, 0.1) is 26.7 Å². The number of hydrogen-bond donors (Lipinski definition) is 1. The smallest absolute Gasteiger partial charge is 0.230 e. The van der Waals surface area contributed by atoms with Gasteiger partial charge in [-0.25, -0.2) is 0 Å². The normalized spacial score (nSPS) is 18.8. The van der Waals surface area contributed by atoms with Crippen LogP contribution in [0.1, 0.15) is 22.3 Å². The molecule has 0 fully saturated rings. The Morgan fingerprint density at radius 1 is 1.35 bits per heavy atom. The Hall–Kier alpha value is -1.84. The summed E-state index contributed by atoms with van der Waals surface area (Å²) in [4.78, 5) is 16.3. The van der Waals surface area contributed by atoms with Gasteiger partial charge >= 0.3 is 0 Å². The van der Waals surface area contributed by atoms with E-state index in [9.17, 15) is 4.79 Å². The zero-order valence-corrected chi connectivity index (χ0v) is 10.3. The van der Waals surface area contributed by atoms with Gasteiger partial charge in [0.15, 0.2) is 0 Å². The Morgan fingerprint density at radius 2 is 1.94 bits per heavy atom. The van der Waals surface area contributed by atoms with Gasteiger partial charge in [-0.3, -0.25) is 4.79 Å². The number of carbonyl (C=O) groups excluding carboxylic acids is 1. The van der Waals surface area contributed by atoms with Gasteiger partial charge in [0.25, 0.3) is 0 Å². The van der Waals surface area contributed by atoms with Crippen LogP contribution < -0.4 is 5.73 Å². The second-order valence-electron chi connectivity index (χ2n) is 4.50. The second kappa shape index (κ2) is 4.20. The first-order valence-electron chi connectivity index (χ1n) is 5.58. The van der Waals surface area contributed by atoms with Crippen molar-refractivity contribution in [3.8, 4) is 0 Å². The van der Waals surface area contributed by atoms with Crippen molar-refractivity contribution in [2.24, 2.45) is 16.8 Å². The Bertz CT molecular complexity index is 483. The minimum atomic E-state index is -0.435. The van der Waals surface area contributed by atoms with E-state index in [1.165, 1.54) is 5.56 Å². The summed E-state index contributed by atoms with van der Waals surface area (Å²) in [5.74, 6) is -0.823. The third kappa shape index (κ3) is 2.02. The van der Waals surface area contributed by atoms with Crippen molar-refractivity contribution < 1.29 is 9.63 Å². The van der Waals surface area contributed by atoms with Gasteiger partial charge in [-0.05, 0) is 31.9 Å². The van der Waals surface area contributed by atoms with Gasteiger partial charge in [-0.2, -0.15) is 0 Å². The summed E-state index contributed by atoms with van der Waals surface area (Å²) in [6.07, 6.45) is 0. The molecule has 2 N–H and O–H groups in total. The largest absolute Gasteiger partial charge is 0.394 e. The van der Waals surface area contributed by atoms with E-state index >= 15 is 0 Å². The van der Waals surface area contributed by atoms with Crippen LogP contribution in [0.15, 0.2) is 17.3 Å². The minimum Gasteiger partial charge on any atom is -0.394 e. The van der Waals surface area contributed by atoms with Crippen molar-refractivity contribution in [2.45, 2.75) is 20.8 Å². The van der Waals surface area contributed by atoms with E-state index in [1.54, 1.807) is 0 Å². The van der Waals surface area contributed by atoms with E-state index in [1.807, 2.05) is 20.8 Å². The molecular formula is C13H16N2O2. The van der Waals surface area contributed by atoms with Crippen LogP contribution in [0.5, 0.6) is 0 Å². The zero-order valence-electron chi connectivity index (χ0n) is 10.3. The van der Waals surface area contributed by atoms with Gasteiger partial charge in [0.05, 0.1) is 0 Å². The number of primary amides is 1. The molecule has 1 aromatic carbocycles. The van der Waals surface area contributed by atoms with Crippen molar-refractivity contribution in [3.05, 3.63) is 34.4 Å². The fraction of sp³-hybridized carbons (Fsp3) is 0.385. The minimum absolute atomic E-state index is 0.247. The van der Waals surface area contributed by atoms with E-state index in [0.29, 0.717) is 5.71 Å². The van der Waals surface area contributed by atoms with Crippen LogP contribution in [0.3, 0.4) is 0 Å². The topological polar surface area (TPSA) is 64.7 Å². The zero-order chi connectivity index (χ0) is 12.6. The van der Waals surface area contributed by atoms with Crippen molar-refractivity contribution in [1.82, 2.24) is 0 Å². The molecule has 1 aliphatic rings. The van der Waals surface area contributed by atoms with Gasteiger partial charge in [0, 0.05) is 5.56 Å². The van der Waals surface area contributed by atoms with E-state index < -0.39 is 5.92 Å². The molecule has 0 saturated carbocycles. The van der Waals surface area contributed by atoms with E-state index in [-0.39, 0.29) is 12.5 Å². The fourth-order valence-corrected chi connectivity index (χ4v) is 2.34. The number of carbonyl (C=O) groups is 1. The van der Waals surface area contributed by atoms with E-state index in [2.05, 4.69) is 17.3 Å². The van der Waals surface area contributed by atoms with Gasteiger partial charge in [-0.15, -0.1) is 0 Å². The highest BCUT2D eigenvalue weighted by Gasteiger charge is 2.31. The summed E-state index contributed by atoms with van der Waals surface area (Å²) >= 11 is 0. The van der Waals surface area contributed by atoms with E-state index in [0.717, 1.165) is 16.7 Å². The predicted molar refractivity (Wildman–Crippen MR) is 65.8 cm³/mol. The lowest BCUT2D eigenvalue weighted by Crippen LogP contribution is -2.31. The molecule has 0 unspecified atom stereocenters. The molecule has 0 bridgehead atoms. The van der Waals surface area contributed by atoms with Gasteiger partial charge < -0.3 is 10.6 Å². The number of benzene rings is 1. The Morgan fingerprint density at radius 3 is 2.47 bits per heavy atom. The van der Waals surface area contributed by atoms with E-state index in [4.69, 9.17) is 10.6 Å². The number of nitrogens with zero attached hydrogens (tertiary/aromatic N) is 1. The maximum Gasteiger partial charge on any atom is 0.230 e. The standard InChI is InChI=1S/C13H16N2O2/c1-7-4-8(2)11(9(3)5-7)12-10(13(14)16)6-17-15-12/h4-5,10H,6H2,1-3H3,(H2,14,16)/t10-/m1/s1. The number of rotatable bonds is 2. The molecule has 1 heterocycles. The maximum atomic E-state index is 11.3. The molecule has 1 aliphatic heterocycles. The number of oxime groups is 1. The van der Waals surface area contributed by atoms with Crippen molar-refractivity contribution in [3.63, 3.8) is 0 Å². The highest BCUT2D eigenvalue weighted by molar-refractivity contribution is 6.14. The molecule has 4 heteroatoms. The molecule has 1 amide bonds. The van der Waals surface area contributed by atoms with Crippen LogP contribution in [0.2, 0.25) is 0 Å². The van der Waals surface area contributed by atoms with Crippen molar-refractivity contribution in [1.29, 1.82) is 0 Å². The highest BCUT2D eigenvalue weighted by Crippen LogP contribution is 2.24. The number of amides is 1. The first kappa shape index (κ1) is 11.6. The summed E-state index contributed by atoms with van der Waals surface area (Å²) in [6, 6.07) is 4.14. The van der Waals surface area contributed by atoms with Crippen molar-refractivity contribution in [2.75, 3.05) is 6.61 Å². The molecule has 0 radical (unpaired) electrons. The molecule has 17 heavy (non-hydrogen) atoms. The molecular weight excluding hydrogens is 216 g/mol. The van der Waals surface area contributed by atoms with Gasteiger partial charge in [0.1, 0.15) is 18.2 Å². The quantitative estimate of drug-likeness (QED) is 0.838. The fourth-order valence-electron chi connectivity index (χ4n) is 2.34. The summed E-state index contributed by atoms with van der Waals surface area (Å²) in [6.45, 7) is 6.31. The second-order valence-corrected chi connectivity index (χ2v) is 4.50. The molecule has 0 saturated heterocycles. The van der Waals surface area contributed by atoms with Crippen LogP contribution >= 0.6 is 0 Å². The third-order valence-electron chi connectivity index (χ3n) is 3.01. The lowest BCUT2D eigenvalue weighted by molar-refractivity contribution is -0.120. The molecule has 1 aromatic rings. The summed E-state index contributed by atoms with van der Waals surface area (Å²) in [5.41, 5.74) is 10.4. The van der Waals surface area contributed by atoms with Crippen LogP contribution in [0.4, 0.5) is 0 Å². The Labute approximate surface area is 100 Å². The average molecular weight is 232 g/mol. The maximum absolute atomic E-state index is 11.3. The molecule has 0 spiro atoms.